The lowest BCUT2D eigenvalue weighted by Crippen LogP contribution is -2.54. The fourth-order valence-electron chi connectivity index (χ4n) is 5.75. The first-order valence-corrected chi connectivity index (χ1v) is 14.4. The van der Waals surface area contributed by atoms with Gasteiger partial charge in [0.1, 0.15) is 19.8 Å². The van der Waals surface area contributed by atoms with Crippen LogP contribution < -0.4 is 19.7 Å². The van der Waals surface area contributed by atoms with Gasteiger partial charge in [-0.2, -0.15) is 26.3 Å². The molecule has 250 valence electrons. The molecule has 3 aliphatic rings. The molecule has 0 saturated carbocycles. The van der Waals surface area contributed by atoms with Crippen LogP contribution in [0.1, 0.15) is 37.1 Å². The van der Waals surface area contributed by atoms with Gasteiger partial charge in [0.05, 0.1) is 11.9 Å². The van der Waals surface area contributed by atoms with Crippen molar-refractivity contribution in [3.8, 4) is 11.5 Å². The van der Waals surface area contributed by atoms with E-state index in [4.69, 9.17) is 9.47 Å². The summed E-state index contributed by atoms with van der Waals surface area (Å²) in [5.41, 5.74) is -7.20. The van der Waals surface area contributed by atoms with E-state index in [0.29, 0.717) is 42.9 Å². The number of piperazine rings is 1. The highest BCUT2D eigenvalue weighted by Gasteiger charge is 2.71. The fraction of sp³-hybridized carbons (Fsp3) is 0.517. The molecular formula is C29H31F6N5O6. The Morgan fingerprint density at radius 3 is 2.24 bits per heavy atom. The maximum Gasteiger partial charge on any atom is 0.430 e. The van der Waals surface area contributed by atoms with Crippen LogP contribution in [0.25, 0.3) is 0 Å². The van der Waals surface area contributed by atoms with Gasteiger partial charge in [0.25, 0.3) is 11.5 Å². The van der Waals surface area contributed by atoms with Crippen LogP contribution in [0.2, 0.25) is 0 Å². The molecule has 4 amide bonds. The molecular weight excluding hydrogens is 628 g/mol. The van der Waals surface area contributed by atoms with Gasteiger partial charge in [-0.15, -0.1) is 0 Å². The lowest BCUT2D eigenvalue weighted by molar-refractivity contribution is -0.376. The number of pyridine rings is 1. The number of anilines is 1. The van der Waals surface area contributed by atoms with Crippen molar-refractivity contribution >= 4 is 23.5 Å². The van der Waals surface area contributed by atoms with E-state index >= 15 is 0 Å². The number of ether oxygens (including phenoxy) is 2. The van der Waals surface area contributed by atoms with Crippen LogP contribution in [-0.4, -0.2) is 96.0 Å². The Bertz CT molecular complexity index is 1510. The number of rotatable bonds is 7. The van der Waals surface area contributed by atoms with Crippen molar-refractivity contribution < 1.29 is 55.3 Å². The minimum absolute atomic E-state index is 0.103. The molecule has 4 heterocycles. The number of urea groups is 1. The third-order valence-corrected chi connectivity index (χ3v) is 8.32. The van der Waals surface area contributed by atoms with Gasteiger partial charge in [-0.3, -0.25) is 19.5 Å². The first-order valence-electron chi connectivity index (χ1n) is 14.4. The smallest absolute Gasteiger partial charge is 0.430 e. The summed E-state index contributed by atoms with van der Waals surface area (Å²) >= 11 is 0. The standard InChI is InChI=1S/C29H31F6N5O6/c1-3-4-17-13-18(27(44,28(30,31)32)29(33,34)35)5-6-19(17)38-7-9-39(10-8-38)23(41)16-40-24(42)26(2,37-25(40)43)22-14-20-21(15-36-22)46-12-11-45-20/h5-6,13-15,44H,3-4,7-12,16H2,1-2H3,(H,37,43). The Hall–Kier alpha value is -4.28. The van der Waals surface area contributed by atoms with Gasteiger partial charge in [0, 0.05) is 43.5 Å². The number of benzene rings is 1. The summed E-state index contributed by atoms with van der Waals surface area (Å²) < 4.78 is 91.9. The summed E-state index contributed by atoms with van der Waals surface area (Å²) in [5.74, 6) is -0.480. The number of alkyl halides is 6. The van der Waals surface area contributed by atoms with Crippen LogP contribution in [0.4, 0.5) is 36.8 Å². The number of aryl methyl sites for hydroxylation is 1. The number of hydrogen-bond donors (Lipinski definition) is 2. The summed E-state index contributed by atoms with van der Waals surface area (Å²) in [5, 5.41) is 12.4. The molecule has 0 spiro atoms. The number of nitrogens with zero attached hydrogens (tertiary/aromatic N) is 4. The molecule has 2 saturated heterocycles. The number of hydrogen-bond acceptors (Lipinski definition) is 8. The largest absolute Gasteiger partial charge is 0.486 e. The fourth-order valence-corrected chi connectivity index (χ4v) is 5.75. The highest BCUT2D eigenvalue weighted by atomic mass is 19.4. The minimum Gasteiger partial charge on any atom is -0.486 e. The number of imide groups is 1. The van der Waals surface area contributed by atoms with Gasteiger partial charge in [-0.25, -0.2) is 4.79 Å². The molecule has 1 unspecified atom stereocenters. The zero-order valence-corrected chi connectivity index (χ0v) is 24.8. The number of aromatic nitrogens is 1. The van der Waals surface area contributed by atoms with Gasteiger partial charge >= 0.3 is 18.4 Å². The number of fused-ring (bicyclic) bond motifs is 1. The lowest BCUT2D eigenvalue weighted by Gasteiger charge is -2.38. The van der Waals surface area contributed by atoms with Crippen LogP contribution in [0.5, 0.6) is 11.5 Å². The predicted octanol–water partition coefficient (Wildman–Crippen LogP) is 3.23. The lowest BCUT2D eigenvalue weighted by atomic mass is 9.89. The molecule has 1 atom stereocenters. The van der Waals surface area contributed by atoms with E-state index in [1.807, 2.05) is 0 Å². The SMILES string of the molecule is CCCc1cc(C(O)(C(F)(F)F)C(F)(F)F)ccc1N1CCN(C(=O)CN2C(=O)NC(C)(c3cc4c(cn3)OCCO4)C2=O)CC1. The van der Waals surface area contributed by atoms with E-state index in [-0.39, 0.29) is 43.9 Å². The van der Waals surface area contributed by atoms with Crippen molar-refractivity contribution in [1.82, 2.24) is 20.1 Å². The maximum absolute atomic E-state index is 13.5. The molecule has 17 heteroatoms. The molecule has 1 aromatic heterocycles. The number of aliphatic hydroxyl groups is 1. The average molecular weight is 660 g/mol. The number of amides is 4. The molecule has 11 nitrogen and oxygen atoms in total. The third-order valence-electron chi connectivity index (χ3n) is 8.32. The van der Waals surface area contributed by atoms with E-state index in [2.05, 4.69) is 10.3 Å². The van der Waals surface area contributed by atoms with E-state index < -0.39 is 53.4 Å². The van der Waals surface area contributed by atoms with Crippen LogP contribution in [-0.2, 0) is 27.1 Å². The summed E-state index contributed by atoms with van der Waals surface area (Å²) in [4.78, 5) is 47.5. The zero-order chi connectivity index (χ0) is 33.7. The van der Waals surface area contributed by atoms with Crippen molar-refractivity contribution in [2.24, 2.45) is 0 Å². The molecule has 0 radical (unpaired) electrons. The number of nitrogens with one attached hydrogen (secondary N) is 1. The Morgan fingerprint density at radius 2 is 1.63 bits per heavy atom. The average Bonchev–Trinajstić information content (AvgIpc) is 3.23. The van der Waals surface area contributed by atoms with Crippen LogP contribution in [0.15, 0.2) is 30.5 Å². The van der Waals surface area contributed by atoms with Crippen LogP contribution in [0, 0.1) is 0 Å². The normalized spacial score (nSPS) is 20.7. The molecule has 2 fully saturated rings. The summed E-state index contributed by atoms with van der Waals surface area (Å²) in [6, 6.07) is 3.14. The molecule has 5 rings (SSSR count). The Kier molecular flexibility index (Phi) is 8.50. The van der Waals surface area contributed by atoms with E-state index in [1.165, 1.54) is 24.1 Å². The highest BCUT2D eigenvalue weighted by Crippen LogP contribution is 2.50. The van der Waals surface area contributed by atoms with Crippen LogP contribution >= 0.6 is 0 Å². The van der Waals surface area contributed by atoms with Crippen molar-refractivity contribution in [2.75, 3.05) is 50.8 Å². The zero-order valence-electron chi connectivity index (χ0n) is 24.8. The third kappa shape index (κ3) is 5.64. The second kappa shape index (κ2) is 11.8. The van der Waals surface area contributed by atoms with Crippen molar-refractivity contribution in [3.05, 3.63) is 47.3 Å². The quantitative estimate of drug-likeness (QED) is 0.343. The maximum atomic E-state index is 13.5. The molecule has 1 aromatic carbocycles. The summed E-state index contributed by atoms with van der Waals surface area (Å²) in [6.07, 6.45) is -10.1. The Morgan fingerprint density at radius 1 is 1.00 bits per heavy atom. The molecule has 3 aliphatic heterocycles. The monoisotopic (exact) mass is 659 g/mol. The molecule has 2 aromatic rings. The minimum atomic E-state index is -6.01. The van der Waals surface area contributed by atoms with Crippen molar-refractivity contribution in [1.29, 1.82) is 0 Å². The molecule has 0 aliphatic carbocycles. The van der Waals surface area contributed by atoms with Gasteiger partial charge in [0.15, 0.2) is 17.0 Å². The number of carbonyl (C=O) groups is 3. The Balaban J connectivity index is 1.26. The van der Waals surface area contributed by atoms with Gasteiger partial charge in [-0.1, -0.05) is 25.5 Å². The van der Waals surface area contributed by atoms with E-state index in [1.54, 1.807) is 11.8 Å². The van der Waals surface area contributed by atoms with Crippen molar-refractivity contribution in [3.63, 3.8) is 0 Å². The molecule has 2 N–H and O–H groups in total. The summed E-state index contributed by atoms with van der Waals surface area (Å²) in [7, 11) is 0. The topological polar surface area (TPSA) is 125 Å². The van der Waals surface area contributed by atoms with Crippen molar-refractivity contribution in [2.45, 2.75) is 50.2 Å². The second-order valence-corrected chi connectivity index (χ2v) is 11.3. The second-order valence-electron chi connectivity index (χ2n) is 11.3. The van der Waals surface area contributed by atoms with Gasteiger partial charge < -0.3 is 29.7 Å². The highest BCUT2D eigenvalue weighted by molar-refractivity contribution is 6.09. The summed E-state index contributed by atoms with van der Waals surface area (Å²) in [6.45, 7) is 3.78. The Labute approximate surface area is 259 Å². The van der Waals surface area contributed by atoms with E-state index in [9.17, 15) is 45.8 Å². The molecule has 0 bridgehead atoms. The van der Waals surface area contributed by atoms with E-state index in [0.717, 1.165) is 17.0 Å². The predicted molar refractivity (Wildman–Crippen MR) is 148 cm³/mol. The van der Waals surface area contributed by atoms with Gasteiger partial charge in [-0.05, 0) is 25.0 Å². The van der Waals surface area contributed by atoms with Crippen LogP contribution in [0.3, 0.4) is 0 Å². The molecule has 46 heavy (non-hydrogen) atoms. The number of carbonyl (C=O) groups excluding carboxylic acids is 3. The number of halogens is 6. The first-order chi connectivity index (χ1) is 21.5. The van der Waals surface area contributed by atoms with Gasteiger partial charge in [0.2, 0.25) is 5.91 Å². The first kappa shape index (κ1) is 33.1.